The summed E-state index contributed by atoms with van der Waals surface area (Å²) in [4.78, 5) is 13.6. The van der Waals surface area contributed by atoms with Crippen molar-refractivity contribution in [2.24, 2.45) is 0 Å². The zero-order valence-electron chi connectivity index (χ0n) is 15.0. The van der Waals surface area contributed by atoms with E-state index in [-0.39, 0.29) is 5.82 Å². The molecule has 0 spiro atoms. The van der Waals surface area contributed by atoms with Crippen LogP contribution in [-0.4, -0.2) is 26.0 Å². The summed E-state index contributed by atoms with van der Waals surface area (Å²) in [5.41, 5.74) is 7.78. The molecule has 0 radical (unpaired) electrons. The Morgan fingerprint density at radius 3 is 2.86 bits per heavy atom. The van der Waals surface area contributed by atoms with Gasteiger partial charge in [-0.15, -0.1) is 11.3 Å². The van der Waals surface area contributed by atoms with E-state index >= 15 is 0 Å². The minimum atomic E-state index is 0.280. The Bertz CT molecular complexity index is 1230. The summed E-state index contributed by atoms with van der Waals surface area (Å²) in [7, 11) is 0. The standard InChI is InChI=1S/C19H14Cl2N6OS/c20-11-3-4-12(13(21)8-11)14-9-16-24-5-6-27(16)19(25-14)28-7-1-2-17-26-18(23)15(10-22)29-17/h3-6,8-9H,1-2,7,23H2. The zero-order valence-corrected chi connectivity index (χ0v) is 17.3. The maximum absolute atomic E-state index is 8.97. The maximum atomic E-state index is 8.97. The van der Waals surface area contributed by atoms with Crippen LogP contribution < -0.4 is 10.5 Å². The van der Waals surface area contributed by atoms with Gasteiger partial charge >= 0.3 is 6.01 Å². The van der Waals surface area contributed by atoms with E-state index < -0.39 is 0 Å². The van der Waals surface area contributed by atoms with Gasteiger partial charge in [0.25, 0.3) is 0 Å². The predicted molar refractivity (Wildman–Crippen MR) is 114 cm³/mol. The van der Waals surface area contributed by atoms with E-state index in [2.05, 4.69) is 15.0 Å². The number of hydrogen-bond donors (Lipinski definition) is 1. The van der Waals surface area contributed by atoms with Crippen molar-refractivity contribution in [3.8, 4) is 23.3 Å². The Morgan fingerprint density at radius 2 is 2.10 bits per heavy atom. The summed E-state index contributed by atoms with van der Waals surface area (Å²) in [5.74, 6) is 0.280. The number of benzene rings is 1. The predicted octanol–water partition coefficient (Wildman–Crippen LogP) is 4.63. The lowest BCUT2D eigenvalue weighted by Crippen LogP contribution is -2.06. The lowest BCUT2D eigenvalue weighted by atomic mass is 10.1. The van der Waals surface area contributed by atoms with Crippen LogP contribution in [0.1, 0.15) is 16.3 Å². The molecular weight excluding hydrogens is 431 g/mol. The van der Waals surface area contributed by atoms with Crippen LogP contribution in [0.2, 0.25) is 10.0 Å². The van der Waals surface area contributed by atoms with Crippen molar-refractivity contribution in [1.29, 1.82) is 5.26 Å². The van der Waals surface area contributed by atoms with Crippen molar-refractivity contribution < 1.29 is 4.74 Å². The smallest absolute Gasteiger partial charge is 0.302 e. The van der Waals surface area contributed by atoms with Crippen LogP contribution in [0.3, 0.4) is 0 Å². The minimum absolute atomic E-state index is 0.280. The quantitative estimate of drug-likeness (QED) is 0.435. The number of nitrogens with zero attached hydrogens (tertiary/aromatic N) is 5. The largest absolute Gasteiger partial charge is 0.464 e. The van der Waals surface area contributed by atoms with E-state index in [1.54, 1.807) is 28.9 Å². The first-order valence-electron chi connectivity index (χ1n) is 8.63. The summed E-state index contributed by atoms with van der Waals surface area (Å²) in [6, 6.07) is 9.54. The number of nitrogens with two attached hydrogens (primary N) is 1. The molecule has 0 saturated heterocycles. The molecule has 0 aliphatic rings. The van der Waals surface area contributed by atoms with Crippen LogP contribution in [0.4, 0.5) is 5.82 Å². The number of aromatic nitrogens is 4. The Balaban J connectivity index is 1.52. The molecule has 3 aromatic heterocycles. The molecule has 0 aliphatic carbocycles. The lowest BCUT2D eigenvalue weighted by molar-refractivity contribution is 0.283. The summed E-state index contributed by atoms with van der Waals surface area (Å²) in [6.07, 6.45) is 4.82. The maximum Gasteiger partial charge on any atom is 0.302 e. The van der Waals surface area contributed by atoms with Crippen LogP contribution in [0, 0.1) is 11.3 Å². The Hall–Kier alpha value is -2.86. The van der Waals surface area contributed by atoms with Crippen molar-refractivity contribution >= 4 is 46.0 Å². The summed E-state index contributed by atoms with van der Waals surface area (Å²) in [6.45, 7) is 0.416. The third-order valence-electron chi connectivity index (χ3n) is 4.13. The van der Waals surface area contributed by atoms with E-state index in [0.717, 1.165) is 10.6 Å². The molecule has 0 unspecified atom stereocenters. The van der Waals surface area contributed by atoms with Crippen molar-refractivity contribution in [2.75, 3.05) is 12.3 Å². The lowest BCUT2D eigenvalue weighted by Gasteiger charge is -2.10. The van der Waals surface area contributed by atoms with Gasteiger partial charge in [-0.05, 0) is 24.6 Å². The number of nitriles is 1. The molecule has 3 heterocycles. The highest BCUT2D eigenvalue weighted by Gasteiger charge is 2.13. The SMILES string of the molecule is N#Cc1sc(CCCOc2nc(-c3ccc(Cl)cc3Cl)cc3nccn23)nc1N. The zero-order chi connectivity index (χ0) is 20.4. The van der Waals surface area contributed by atoms with Gasteiger partial charge in [-0.3, -0.25) is 4.40 Å². The molecule has 29 heavy (non-hydrogen) atoms. The molecule has 0 bridgehead atoms. The Morgan fingerprint density at radius 1 is 1.24 bits per heavy atom. The van der Waals surface area contributed by atoms with E-state index in [1.165, 1.54) is 11.3 Å². The van der Waals surface area contributed by atoms with E-state index in [9.17, 15) is 0 Å². The molecule has 0 fully saturated rings. The first-order chi connectivity index (χ1) is 14.0. The molecule has 0 atom stereocenters. The van der Waals surface area contributed by atoms with Crippen molar-refractivity contribution in [3.05, 3.63) is 56.6 Å². The number of aryl methyl sites for hydroxylation is 1. The fraction of sp³-hybridized carbons (Fsp3) is 0.158. The highest BCUT2D eigenvalue weighted by atomic mass is 35.5. The van der Waals surface area contributed by atoms with Gasteiger partial charge in [0.2, 0.25) is 0 Å². The first-order valence-corrected chi connectivity index (χ1v) is 10.2. The second-order valence-corrected chi connectivity index (χ2v) is 8.02. The number of halogens is 2. The molecule has 146 valence electrons. The molecule has 4 rings (SSSR count). The molecule has 0 amide bonds. The molecule has 0 aliphatic heterocycles. The molecule has 1 aromatic carbocycles. The fourth-order valence-corrected chi connectivity index (χ4v) is 4.11. The number of rotatable bonds is 6. The van der Waals surface area contributed by atoms with E-state index in [1.807, 2.05) is 18.2 Å². The summed E-state index contributed by atoms with van der Waals surface area (Å²) in [5, 5.41) is 10.8. The van der Waals surface area contributed by atoms with Gasteiger partial charge in [-0.25, -0.2) is 9.97 Å². The Kier molecular flexibility index (Phi) is 5.53. The number of fused-ring (bicyclic) bond motifs is 1. The number of imidazole rings is 1. The molecule has 2 N–H and O–H groups in total. The van der Waals surface area contributed by atoms with Crippen LogP contribution in [0.15, 0.2) is 36.7 Å². The van der Waals surface area contributed by atoms with Crippen LogP contribution in [0.5, 0.6) is 6.01 Å². The first kappa shape index (κ1) is 19.5. The van der Waals surface area contributed by atoms with Crippen LogP contribution >= 0.6 is 34.5 Å². The highest BCUT2D eigenvalue weighted by molar-refractivity contribution is 7.12. The molecular formula is C19H14Cl2N6OS. The molecule has 10 heteroatoms. The van der Waals surface area contributed by atoms with Gasteiger partial charge < -0.3 is 10.5 Å². The topological polar surface area (TPSA) is 102 Å². The van der Waals surface area contributed by atoms with Gasteiger partial charge in [0, 0.05) is 35.5 Å². The monoisotopic (exact) mass is 444 g/mol. The third kappa shape index (κ3) is 4.12. The summed E-state index contributed by atoms with van der Waals surface area (Å²) >= 11 is 13.6. The Labute approximate surface area is 180 Å². The minimum Gasteiger partial charge on any atom is -0.464 e. The number of ether oxygens (including phenoxy) is 1. The van der Waals surface area contributed by atoms with Crippen LogP contribution in [-0.2, 0) is 6.42 Å². The second-order valence-electron chi connectivity index (χ2n) is 6.09. The second kappa shape index (κ2) is 8.25. The normalized spacial score (nSPS) is 10.9. The van der Waals surface area contributed by atoms with Crippen molar-refractivity contribution in [3.63, 3.8) is 0 Å². The number of hydrogen-bond acceptors (Lipinski definition) is 7. The average molecular weight is 445 g/mol. The van der Waals surface area contributed by atoms with Gasteiger partial charge in [0.1, 0.15) is 16.6 Å². The average Bonchev–Trinajstić information content (AvgIpc) is 3.31. The van der Waals surface area contributed by atoms with Gasteiger partial charge in [0.05, 0.1) is 22.3 Å². The number of nitrogen functional groups attached to an aromatic ring is 1. The number of thiazole rings is 1. The summed E-state index contributed by atoms with van der Waals surface area (Å²) < 4.78 is 7.68. The van der Waals surface area contributed by atoms with Crippen molar-refractivity contribution in [2.45, 2.75) is 12.8 Å². The van der Waals surface area contributed by atoms with Crippen LogP contribution in [0.25, 0.3) is 16.9 Å². The third-order valence-corrected chi connectivity index (χ3v) is 5.71. The number of anilines is 1. The van der Waals surface area contributed by atoms with Crippen molar-refractivity contribution in [1.82, 2.24) is 19.4 Å². The van der Waals surface area contributed by atoms with Gasteiger partial charge in [-0.2, -0.15) is 10.2 Å². The molecule has 7 nitrogen and oxygen atoms in total. The molecule has 4 aromatic rings. The van der Waals surface area contributed by atoms with Gasteiger partial charge in [0.15, 0.2) is 5.82 Å². The van der Waals surface area contributed by atoms with E-state index in [0.29, 0.717) is 51.7 Å². The fourth-order valence-electron chi connectivity index (χ4n) is 2.78. The highest BCUT2D eigenvalue weighted by Crippen LogP contribution is 2.31. The van der Waals surface area contributed by atoms with Gasteiger partial charge in [-0.1, -0.05) is 23.2 Å². The molecule has 0 saturated carbocycles. The van der Waals surface area contributed by atoms with E-state index in [4.69, 9.17) is 38.9 Å².